The minimum absolute atomic E-state index is 0. The SMILES string of the molecule is CCCN(C(=O)C(C)OC)C1CCNCC1.Cl. The second kappa shape index (κ2) is 8.72. The molecule has 17 heavy (non-hydrogen) atoms. The van der Waals surface area contributed by atoms with Crippen molar-refractivity contribution in [2.75, 3.05) is 26.7 Å². The number of piperidine rings is 1. The van der Waals surface area contributed by atoms with Gasteiger partial charge in [0.25, 0.3) is 5.91 Å². The number of nitrogens with one attached hydrogen (secondary N) is 1. The molecule has 1 rings (SSSR count). The molecule has 1 atom stereocenters. The molecule has 1 amide bonds. The Kier molecular flexibility index (Phi) is 8.56. The smallest absolute Gasteiger partial charge is 0.251 e. The molecule has 1 N–H and O–H groups in total. The second-order valence-electron chi connectivity index (χ2n) is 4.39. The molecule has 0 aliphatic carbocycles. The quantitative estimate of drug-likeness (QED) is 0.817. The summed E-state index contributed by atoms with van der Waals surface area (Å²) in [5.41, 5.74) is 0. The van der Waals surface area contributed by atoms with Gasteiger partial charge in [-0.15, -0.1) is 12.4 Å². The van der Waals surface area contributed by atoms with Gasteiger partial charge in [-0.1, -0.05) is 6.92 Å². The summed E-state index contributed by atoms with van der Waals surface area (Å²) in [6.07, 6.45) is 2.80. The van der Waals surface area contributed by atoms with Crippen LogP contribution in [0, 0.1) is 0 Å². The van der Waals surface area contributed by atoms with Crippen molar-refractivity contribution in [2.24, 2.45) is 0 Å². The molecule has 1 aliphatic heterocycles. The van der Waals surface area contributed by atoms with Crippen molar-refractivity contribution >= 4 is 18.3 Å². The summed E-state index contributed by atoms with van der Waals surface area (Å²) >= 11 is 0. The molecule has 4 nitrogen and oxygen atoms in total. The van der Waals surface area contributed by atoms with Crippen molar-refractivity contribution in [1.82, 2.24) is 10.2 Å². The number of hydrogen-bond donors (Lipinski definition) is 1. The van der Waals surface area contributed by atoms with Crippen molar-refractivity contribution in [3.63, 3.8) is 0 Å². The van der Waals surface area contributed by atoms with Crippen LogP contribution in [0.5, 0.6) is 0 Å². The van der Waals surface area contributed by atoms with E-state index < -0.39 is 0 Å². The fourth-order valence-corrected chi connectivity index (χ4v) is 2.17. The van der Waals surface area contributed by atoms with Crippen molar-refractivity contribution in [3.8, 4) is 0 Å². The van der Waals surface area contributed by atoms with E-state index >= 15 is 0 Å². The monoisotopic (exact) mass is 264 g/mol. The van der Waals surface area contributed by atoms with E-state index in [0.29, 0.717) is 6.04 Å². The number of amides is 1. The molecule has 1 unspecified atom stereocenters. The maximum atomic E-state index is 12.1. The van der Waals surface area contributed by atoms with Gasteiger partial charge in [0.15, 0.2) is 0 Å². The van der Waals surface area contributed by atoms with Gasteiger partial charge in [-0.2, -0.15) is 0 Å². The molecule has 1 fully saturated rings. The lowest BCUT2D eigenvalue weighted by Gasteiger charge is -2.35. The van der Waals surface area contributed by atoms with Crippen LogP contribution in [0.25, 0.3) is 0 Å². The number of halogens is 1. The number of ether oxygens (including phenoxy) is 1. The number of methoxy groups -OCH3 is 1. The summed E-state index contributed by atoms with van der Waals surface area (Å²) in [6.45, 7) is 6.81. The Morgan fingerprint density at radius 3 is 2.53 bits per heavy atom. The highest BCUT2D eigenvalue weighted by molar-refractivity contribution is 5.85. The molecule has 0 saturated carbocycles. The number of hydrogen-bond acceptors (Lipinski definition) is 3. The van der Waals surface area contributed by atoms with Crippen LogP contribution >= 0.6 is 12.4 Å². The average Bonchev–Trinajstić information content (AvgIpc) is 2.35. The first-order chi connectivity index (χ1) is 7.70. The predicted octanol–water partition coefficient (Wildman–Crippen LogP) is 1.43. The molecule has 5 heteroatoms. The third-order valence-corrected chi connectivity index (χ3v) is 3.20. The molecule has 102 valence electrons. The Morgan fingerprint density at radius 2 is 2.06 bits per heavy atom. The van der Waals surface area contributed by atoms with Crippen LogP contribution in [-0.2, 0) is 9.53 Å². The second-order valence-corrected chi connectivity index (χ2v) is 4.39. The highest BCUT2D eigenvalue weighted by atomic mass is 35.5. The van der Waals surface area contributed by atoms with Gasteiger partial charge in [-0.25, -0.2) is 0 Å². The van der Waals surface area contributed by atoms with Crippen molar-refractivity contribution in [3.05, 3.63) is 0 Å². The summed E-state index contributed by atoms with van der Waals surface area (Å²) in [7, 11) is 1.59. The summed E-state index contributed by atoms with van der Waals surface area (Å²) in [5.74, 6) is 0.135. The van der Waals surface area contributed by atoms with E-state index in [2.05, 4.69) is 12.2 Å². The average molecular weight is 265 g/mol. The third kappa shape index (κ3) is 4.82. The molecular weight excluding hydrogens is 240 g/mol. The summed E-state index contributed by atoms with van der Waals surface area (Å²) < 4.78 is 5.12. The highest BCUT2D eigenvalue weighted by Crippen LogP contribution is 2.14. The first-order valence-electron chi connectivity index (χ1n) is 6.24. The highest BCUT2D eigenvalue weighted by Gasteiger charge is 2.27. The van der Waals surface area contributed by atoms with Crippen LogP contribution in [0.2, 0.25) is 0 Å². The fourth-order valence-electron chi connectivity index (χ4n) is 2.17. The molecule has 0 bridgehead atoms. The zero-order valence-electron chi connectivity index (χ0n) is 11.1. The van der Waals surface area contributed by atoms with Crippen LogP contribution in [0.3, 0.4) is 0 Å². The Hall–Kier alpha value is -0.320. The lowest BCUT2D eigenvalue weighted by atomic mass is 10.0. The molecule has 0 aromatic carbocycles. The zero-order chi connectivity index (χ0) is 12.0. The first kappa shape index (κ1) is 16.7. The molecule has 0 aromatic heterocycles. The van der Waals surface area contributed by atoms with E-state index in [9.17, 15) is 4.79 Å². The Labute approximate surface area is 110 Å². The van der Waals surface area contributed by atoms with Crippen molar-refractivity contribution in [2.45, 2.75) is 45.3 Å². The van der Waals surface area contributed by atoms with E-state index in [1.165, 1.54) is 0 Å². The number of nitrogens with zero attached hydrogens (tertiary/aromatic N) is 1. The third-order valence-electron chi connectivity index (χ3n) is 3.20. The van der Waals surface area contributed by atoms with E-state index in [1.54, 1.807) is 7.11 Å². The van der Waals surface area contributed by atoms with Crippen LogP contribution < -0.4 is 5.32 Å². The van der Waals surface area contributed by atoms with Gasteiger partial charge in [0.05, 0.1) is 0 Å². The van der Waals surface area contributed by atoms with Crippen molar-refractivity contribution in [1.29, 1.82) is 0 Å². The predicted molar refractivity (Wildman–Crippen MR) is 71.6 cm³/mol. The van der Waals surface area contributed by atoms with E-state index in [4.69, 9.17) is 4.74 Å². The lowest BCUT2D eigenvalue weighted by Crippen LogP contribution is -2.49. The van der Waals surface area contributed by atoms with Crippen LogP contribution in [0.15, 0.2) is 0 Å². The van der Waals surface area contributed by atoms with Gasteiger partial charge in [0.1, 0.15) is 6.10 Å². The number of carbonyl (C=O) groups excluding carboxylic acids is 1. The van der Waals surface area contributed by atoms with E-state index in [-0.39, 0.29) is 24.4 Å². The molecule has 1 saturated heterocycles. The summed E-state index contributed by atoms with van der Waals surface area (Å²) in [5, 5.41) is 3.32. The lowest BCUT2D eigenvalue weighted by molar-refractivity contribution is -0.144. The molecular formula is C12H25ClN2O2. The Balaban J connectivity index is 0.00000256. The summed E-state index contributed by atoms with van der Waals surface area (Å²) in [4.78, 5) is 14.2. The zero-order valence-corrected chi connectivity index (χ0v) is 11.9. The van der Waals surface area contributed by atoms with Gasteiger partial charge < -0.3 is 15.0 Å². The van der Waals surface area contributed by atoms with E-state index in [1.807, 2.05) is 11.8 Å². The van der Waals surface area contributed by atoms with Gasteiger partial charge in [-0.05, 0) is 39.3 Å². The minimum Gasteiger partial charge on any atom is -0.372 e. The molecule has 0 aromatic rings. The summed E-state index contributed by atoms with van der Waals surface area (Å²) in [6, 6.07) is 0.395. The maximum Gasteiger partial charge on any atom is 0.251 e. The number of carbonyl (C=O) groups is 1. The standard InChI is InChI=1S/C12H24N2O2.ClH/c1-4-9-14(12(15)10(2)16-3)11-5-7-13-8-6-11;/h10-11,13H,4-9H2,1-3H3;1H. The fraction of sp³-hybridized carbons (Fsp3) is 0.917. The number of rotatable bonds is 5. The van der Waals surface area contributed by atoms with Gasteiger partial charge in [0.2, 0.25) is 0 Å². The van der Waals surface area contributed by atoms with Crippen LogP contribution in [0.4, 0.5) is 0 Å². The molecule has 0 spiro atoms. The van der Waals surface area contributed by atoms with Crippen molar-refractivity contribution < 1.29 is 9.53 Å². The molecule has 1 aliphatic rings. The first-order valence-corrected chi connectivity index (χ1v) is 6.24. The topological polar surface area (TPSA) is 41.6 Å². The Morgan fingerprint density at radius 1 is 1.47 bits per heavy atom. The normalized spacial score (nSPS) is 18.3. The minimum atomic E-state index is -0.318. The van der Waals surface area contributed by atoms with Gasteiger partial charge in [0, 0.05) is 19.7 Å². The maximum absolute atomic E-state index is 12.1. The van der Waals surface area contributed by atoms with E-state index in [0.717, 1.165) is 38.9 Å². The largest absolute Gasteiger partial charge is 0.372 e. The van der Waals surface area contributed by atoms with Gasteiger partial charge >= 0.3 is 0 Å². The molecule has 0 radical (unpaired) electrons. The van der Waals surface area contributed by atoms with Gasteiger partial charge in [-0.3, -0.25) is 4.79 Å². The Bertz CT molecular complexity index is 221. The van der Waals surface area contributed by atoms with Crippen LogP contribution in [-0.4, -0.2) is 49.7 Å². The van der Waals surface area contributed by atoms with Crippen LogP contribution in [0.1, 0.15) is 33.1 Å². The molecule has 1 heterocycles.